The third-order valence-electron chi connectivity index (χ3n) is 9.69. The molecule has 0 radical (unpaired) electrons. The molecule has 7 amide bonds. The third kappa shape index (κ3) is 9.24. The zero-order valence-corrected chi connectivity index (χ0v) is 30.4. The van der Waals surface area contributed by atoms with Crippen molar-refractivity contribution in [3.63, 3.8) is 0 Å². The van der Waals surface area contributed by atoms with Crippen LogP contribution in [0.2, 0.25) is 0 Å². The van der Waals surface area contributed by atoms with E-state index in [1.54, 1.807) is 54.6 Å². The molecule has 284 valence electrons. The highest BCUT2D eigenvalue weighted by atomic mass is 16.5. The van der Waals surface area contributed by atoms with Crippen molar-refractivity contribution in [2.75, 3.05) is 32.1 Å². The van der Waals surface area contributed by atoms with E-state index in [9.17, 15) is 33.6 Å². The zero-order valence-electron chi connectivity index (χ0n) is 30.4. The lowest BCUT2D eigenvalue weighted by atomic mass is 10.0. The first-order chi connectivity index (χ1) is 25.9. The monoisotopic (exact) mass is 739 g/mol. The summed E-state index contributed by atoms with van der Waals surface area (Å²) >= 11 is 0. The standard InChI is InChI=1S/C39H45N7O8/c1-5-13-30-34(48)40-25(3)35(49)46-22-24(2)20-32(46)38(52)54-23-29(36(50)45-19-12-18-31(45)37(51)44(30)4)42-33(47)28(21-26-14-8-6-9-15-26)43-39(53)41-27-16-10-7-11-17-27/h1,6-11,13-17,24-25,28-29,31-32H,12,18-23H2,2-4H3,(H,40,48)(H,42,47)(H2,41,43,53)/b30-13+/t24-,25-,28-,29-,31-,32-/m0/s1. The Labute approximate surface area is 313 Å². The van der Waals surface area contributed by atoms with Crippen molar-refractivity contribution in [3.05, 3.63) is 78.0 Å². The highest BCUT2D eigenvalue weighted by molar-refractivity contribution is 6.02. The minimum absolute atomic E-state index is 0.0484. The maximum Gasteiger partial charge on any atom is 0.328 e. The van der Waals surface area contributed by atoms with E-state index >= 15 is 0 Å². The van der Waals surface area contributed by atoms with E-state index in [2.05, 4.69) is 27.2 Å². The van der Waals surface area contributed by atoms with Gasteiger partial charge in [-0.3, -0.25) is 24.0 Å². The lowest BCUT2D eigenvalue weighted by molar-refractivity contribution is -0.157. The van der Waals surface area contributed by atoms with Crippen molar-refractivity contribution in [2.24, 2.45) is 5.92 Å². The third-order valence-corrected chi connectivity index (χ3v) is 9.69. The molecule has 3 heterocycles. The number of nitrogens with one attached hydrogen (secondary N) is 4. The number of benzene rings is 2. The molecule has 0 spiro atoms. The molecule has 6 atom stereocenters. The molecule has 3 saturated heterocycles. The predicted octanol–water partition coefficient (Wildman–Crippen LogP) is 1.17. The maximum absolute atomic E-state index is 14.4. The molecule has 3 aliphatic heterocycles. The molecule has 4 N–H and O–H groups in total. The number of carbonyl (C=O) groups is 7. The van der Waals surface area contributed by atoms with Crippen molar-refractivity contribution in [3.8, 4) is 12.3 Å². The van der Waals surface area contributed by atoms with Gasteiger partial charge in [0.25, 0.3) is 5.91 Å². The van der Waals surface area contributed by atoms with Crippen molar-refractivity contribution < 1.29 is 38.3 Å². The molecule has 0 saturated carbocycles. The smallest absolute Gasteiger partial charge is 0.328 e. The van der Waals surface area contributed by atoms with Gasteiger partial charge in [-0.2, -0.15) is 0 Å². The van der Waals surface area contributed by atoms with E-state index in [4.69, 9.17) is 11.2 Å². The minimum atomic E-state index is -1.49. The van der Waals surface area contributed by atoms with Gasteiger partial charge in [0.05, 0.1) is 0 Å². The first kappa shape index (κ1) is 39.0. The summed E-state index contributed by atoms with van der Waals surface area (Å²) in [4.78, 5) is 99.8. The number of anilines is 1. The van der Waals surface area contributed by atoms with Crippen LogP contribution in [0.1, 0.15) is 38.7 Å². The van der Waals surface area contributed by atoms with Gasteiger partial charge in [-0.15, -0.1) is 6.42 Å². The van der Waals surface area contributed by atoms with Crippen LogP contribution >= 0.6 is 0 Å². The number of urea groups is 1. The Morgan fingerprint density at radius 3 is 2.33 bits per heavy atom. The SMILES string of the molecule is C#C/C=C1\C(=O)N[C@@H](C)C(=O)N2C[C@@H](C)C[C@H]2C(=O)OC[C@H](NC(=O)[C@H](Cc2ccccc2)NC(=O)Nc2ccccc2)C(=O)N2CCC[C@H]2C(=O)N1C. The van der Waals surface area contributed by atoms with Gasteiger partial charge < -0.3 is 40.7 Å². The van der Waals surface area contributed by atoms with Crippen molar-refractivity contribution >= 4 is 47.2 Å². The second-order valence-electron chi connectivity index (χ2n) is 13.7. The number of hydrogen-bond donors (Lipinski definition) is 4. The molecule has 54 heavy (non-hydrogen) atoms. The molecule has 3 fully saturated rings. The fourth-order valence-corrected chi connectivity index (χ4v) is 6.93. The fraction of sp³-hybridized carbons (Fsp3) is 0.410. The number of para-hydroxylation sites is 1. The minimum Gasteiger partial charge on any atom is -0.461 e. The average molecular weight is 740 g/mol. The summed E-state index contributed by atoms with van der Waals surface area (Å²) in [6.45, 7) is 3.05. The Balaban J connectivity index is 1.47. The summed E-state index contributed by atoms with van der Waals surface area (Å²) in [6, 6.07) is 11.1. The molecule has 15 nitrogen and oxygen atoms in total. The molecular formula is C39H45N7O8. The summed E-state index contributed by atoms with van der Waals surface area (Å²) < 4.78 is 5.69. The largest absolute Gasteiger partial charge is 0.461 e. The van der Waals surface area contributed by atoms with Gasteiger partial charge in [0, 0.05) is 38.3 Å². The quantitative estimate of drug-likeness (QED) is 0.193. The van der Waals surface area contributed by atoms with Gasteiger partial charge in [-0.25, -0.2) is 9.59 Å². The van der Waals surface area contributed by atoms with Crippen LogP contribution in [0.25, 0.3) is 0 Å². The first-order valence-corrected chi connectivity index (χ1v) is 17.9. The topological polar surface area (TPSA) is 187 Å². The van der Waals surface area contributed by atoms with Crippen LogP contribution in [0.4, 0.5) is 10.5 Å². The molecule has 3 aliphatic rings. The molecule has 2 aromatic rings. The van der Waals surface area contributed by atoms with Crippen molar-refractivity contribution in [1.29, 1.82) is 0 Å². The number of esters is 1. The molecule has 0 bridgehead atoms. The van der Waals surface area contributed by atoms with E-state index in [0.29, 0.717) is 12.1 Å². The summed E-state index contributed by atoms with van der Waals surface area (Å²) in [5.74, 6) is -2.06. The van der Waals surface area contributed by atoms with Crippen LogP contribution in [-0.4, -0.2) is 113 Å². The second-order valence-corrected chi connectivity index (χ2v) is 13.7. The highest BCUT2D eigenvalue weighted by Gasteiger charge is 2.44. The van der Waals surface area contributed by atoms with E-state index in [1.807, 2.05) is 13.0 Å². The zero-order chi connectivity index (χ0) is 38.9. The van der Waals surface area contributed by atoms with E-state index < -0.39 is 78.4 Å². The number of cyclic esters (lactones) is 1. The number of rotatable bonds is 6. The van der Waals surface area contributed by atoms with Crippen molar-refractivity contribution in [2.45, 2.75) is 69.7 Å². The number of terminal acetylenes is 1. The number of carbonyl (C=O) groups excluding carboxylic acids is 7. The van der Waals surface area contributed by atoms with E-state index in [0.717, 1.165) is 16.5 Å². The normalized spacial score (nSPS) is 25.2. The van der Waals surface area contributed by atoms with Gasteiger partial charge >= 0.3 is 12.0 Å². The van der Waals surface area contributed by atoms with Crippen LogP contribution in [-0.2, 0) is 39.9 Å². The van der Waals surface area contributed by atoms with Gasteiger partial charge in [0.1, 0.15) is 42.5 Å². The second kappa shape index (κ2) is 17.6. The van der Waals surface area contributed by atoms with Crippen LogP contribution in [0.15, 0.2) is 72.4 Å². The summed E-state index contributed by atoms with van der Waals surface area (Å²) in [7, 11) is 1.35. The summed E-state index contributed by atoms with van der Waals surface area (Å²) in [5, 5.41) is 10.7. The number of amides is 7. The first-order valence-electron chi connectivity index (χ1n) is 17.9. The average Bonchev–Trinajstić information content (AvgIpc) is 3.81. The molecule has 0 aromatic heterocycles. The predicted molar refractivity (Wildman–Crippen MR) is 197 cm³/mol. The van der Waals surface area contributed by atoms with Crippen LogP contribution in [0.5, 0.6) is 0 Å². The Bertz CT molecular complexity index is 1830. The van der Waals surface area contributed by atoms with Crippen LogP contribution in [0, 0.1) is 18.3 Å². The highest BCUT2D eigenvalue weighted by Crippen LogP contribution is 2.26. The van der Waals surface area contributed by atoms with Gasteiger partial charge in [0.15, 0.2) is 0 Å². The lowest BCUT2D eigenvalue weighted by Crippen LogP contribution is -2.59. The number of allylic oxidation sites excluding steroid dienone is 1. The van der Waals surface area contributed by atoms with E-state index in [1.165, 1.54) is 23.8 Å². The molecule has 5 rings (SSSR count). The fourth-order valence-electron chi connectivity index (χ4n) is 6.93. The Kier molecular flexibility index (Phi) is 12.7. The molecule has 0 aliphatic carbocycles. The Morgan fingerprint density at radius 2 is 1.65 bits per heavy atom. The number of hydrogen-bond acceptors (Lipinski definition) is 8. The summed E-state index contributed by atoms with van der Waals surface area (Å²) in [5.41, 5.74) is 0.993. The number of nitrogens with zero attached hydrogens (tertiary/aromatic N) is 3. The molecule has 0 unspecified atom stereocenters. The van der Waals surface area contributed by atoms with Crippen LogP contribution < -0.4 is 21.3 Å². The number of ether oxygens (including phenoxy) is 1. The van der Waals surface area contributed by atoms with Gasteiger partial charge in [-0.1, -0.05) is 61.4 Å². The van der Waals surface area contributed by atoms with E-state index in [-0.39, 0.29) is 44.0 Å². The summed E-state index contributed by atoms with van der Waals surface area (Å²) in [6.07, 6.45) is 7.60. The van der Waals surface area contributed by atoms with Gasteiger partial charge in [-0.05, 0) is 49.8 Å². The van der Waals surface area contributed by atoms with Gasteiger partial charge in [0.2, 0.25) is 23.6 Å². The Hall–Kier alpha value is -6.17. The van der Waals surface area contributed by atoms with Crippen LogP contribution in [0.3, 0.4) is 0 Å². The van der Waals surface area contributed by atoms with Crippen molar-refractivity contribution in [1.82, 2.24) is 30.7 Å². The number of likely N-dealkylation sites (N-methyl/N-ethyl adjacent to an activating group) is 1. The lowest BCUT2D eigenvalue weighted by Gasteiger charge is -2.33. The number of fused-ring (bicyclic) bond motifs is 2. The molecular weight excluding hydrogens is 694 g/mol. The molecule has 15 heteroatoms. The Morgan fingerprint density at radius 1 is 0.963 bits per heavy atom. The molecule has 2 aromatic carbocycles. The maximum atomic E-state index is 14.4.